The number of rotatable bonds is 6. The number of anilines is 6. The van der Waals surface area contributed by atoms with Crippen LogP contribution < -0.4 is 9.80 Å². The Morgan fingerprint density at radius 2 is 0.598 bits per heavy atom. The van der Waals surface area contributed by atoms with Crippen LogP contribution in [0.4, 0.5) is 32.8 Å². The molecule has 4 aromatic heterocycles. The van der Waals surface area contributed by atoms with Crippen molar-refractivity contribution >= 4 is 99.3 Å². The van der Waals surface area contributed by atoms with Gasteiger partial charge in [-0.15, -0.1) is 22.7 Å². The number of hydrogen-bond acceptors (Lipinski definition) is 6. The first-order chi connectivity index (χ1) is 40.2. The molecular formula is C76H54N2O2S2. The van der Waals surface area contributed by atoms with Gasteiger partial charge in [-0.2, -0.15) is 0 Å². The van der Waals surface area contributed by atoms with Crippen LogP contribution in [-0.4, -0.2) is 0 Å². The van der Waals surface area contributed by atoms with Crippen molar-refractivity contribution in [1.82, 2.24) is 0 Å². The molecule has 0 bridgehead atoms. The van der Waals surface area contributed by atoms with Gasteiger partial charge in [-0.25, -0.2) is 0 Å². The standard InChI is InChI=1S/C76H54N2O2S2/c1-73(2)53-33-13-17-37-57(53)75(58-38-18-14-34-54(58)73)61-45-67(77(47-25-7-5-8-26-47)63-41-23-31-51-49-29-11-21-43-65(49)79-69(51)63)82-72(61)76(59-39-19-15-35-55(59)74(3,4)56-36-16-20-40-60(56)76)62-46-68(81-71(62)75)78(48-27-9-6-10-28-48)64-42-24-32-52-50-30-12-22-44-66(50)80-70(52)64/h5-46H,1-4H3. The smallest absolute Gasteiger partial charge is 0.159 e. The summed E-state index contributed by atoms with van der Waals surface area (Å²) in [4.78, 5) is 7.58. The molecule has 17 rings (SSSR count). The second kappa shape index (κ2) is 17.2. The Hall–Kier alpha value is -9.20. The highest BCUT2D eigenvalue weighted by molar-refractivity contribution is 7.18. The number of nitrogens with zero attached hydrogens (tertiary/aromatic N) is 2. The Kier molecular flexibility index (Phi) is 9.96. The lowest BCUT2D eigenvalue weighted by Crippen LogP contribution is -2.50. The fourth-order valence-corrected chi connectivity index (χ4v) is 18.1. The van der Waals surface area contributed by atoms with E-state index in [2.05, 4.69) is 292 Å². The van der Waals surface area contributed by atoms with Crippen LogP contribution >= 0.6 is 22.7 Å². The lowest BCUT2D eigenvalue weighted by Gasteiger charge is -2.55. The highest BCUT2D eigenvalue weighted by Gasteiger charge is 2.62. The predicted octanol–water partition coefficient (Wildman–Crippen LogP) is 20.9. The highest BCUT2D eigenvalue weighted by atomic mass is 32.1. The van der Waals surface area contributed by atoms with Crippen LogP contribution in [-0.2, 0) is 21.7 Å². The summed E-state index contributed by atoms with van der Waals surface area (Å²) < 4.78 is 14.0. The van der Waals surface area contributed by atoms with Crippen molar-refractivity contribution in [3.63, 3.8) is 0 Å². The summed E-state index contributed by atoms with van der Waals surface area (Å²) in [6, 6.07) is 94.8. The molecule has 0 saturated heterocycles. The van der Waals surface area contributed by atoms with Crippen LogP contribution in [0, 0.1) is 0 Å². The monoisotopic (exact) mass is 1090 g/mol. The molecule has 0 radical (unpaired) electrons. The summed E-state index contributed by atoms with van der Waals surface area (Å²) in [5, 5.41) is 6.62. The normalized spacial score (nSPS) is 15.5. The molecule has 3 aliphatic carbocycles. The summed E-state index contributed by atoms with van der Waals surface area (Å²) in [6.07, 6.45) is 0. The fourth-order valence-electron chi connectivity index (χ4n) is 15.1. The Morgan fingerprint density at radius 3 is 0.963 bits per heavy atom. The average molecular weight is 1090 g/mol. The Balaban J connectivity index is 1.06. The molecule has 6 heteroatoms. The number of para-hydroxylation sites is 6. The van der Waals surface area contributed by atoms with E-state index in [0.717, 1.165) is 76.6 Å². The number of furan rings is 2. The van der Waals surface area contributed by atoms with E-state index in [0.29, 0.717) is 0 Å². The Morgan fingerprint density at radius 1 is 0.293 bits per heavy atom. The summed E-state index contributed by atoms with van der Waals surface area (Å²) in [7, 11) is 0. The van der Waals surface area contributed by atoms with Gasteiger partial charge in [0.25, 0.3) is 0 Å². The molecule has 0 amide bonds. The van der Waals surface area contributed by atoms with Crippen molar-refractivity contribution in [2.24, 2.45) is 0 Å². The number of fused-ring (bicyclic) bond motifs is 20. The lowest BCUT2D eigenvalue weighted by molar-refractivity contribution is 0.522. The molecule has 0 atom stereocenters. The summed E-state index contributed by atoms with van der Waals surface area (Å²) in [5.41, 5.74) is 18.5. The van der Waals surface area contributed by atoms with Crippen molar-refractivity contribution in [2.75, 3.05) is 9.80 Å². The van der Waals surface area contributed by atoms with E-state index in [1.54, 1.807) is 0 Å². The molecule has 14 aromatic rings. The first-order valence-corrected chi connectivity index (χ1v) is 30.0. The molecule has 0 N–H and O–H groups in total. The second-order valence-electron chi connectivity index (χ2n) is 23.4. The van der Waals surface area contributed by atoms with Gasteiger partial charge in [0.1, 0.15) is 21.2 Å². The van der Waals surface area contributed by atoms with Gasteiger partial charge >= 0.3 is 0 Å². The molecule has 4 nitrogen and oxygen atoms in total. The van der Waals surface area contributed by atoms with Crippen LogP contribution in [0.25, 0.3) is 43.9 Å². The fraction of sp³-hybridized carbons (Fsp3) is 0.105. The average Bonchev–Trinajstić information content (AvgIpc) is 1.37. The first kappa shape index (κ1) is 47.6. The van der Waals surface area contributed by atoms with Crippen LogP contribution in [0.2, 0.25) is 0 Å². The molecule has 392 valence electrons. The van der Waals surface area contributed by atoms with Gasteiger partial charge in [-0.3, -0.25) is 9.80 Å². The van der Waals surface area contributed by atoms with Crippen LogP contribution in [0.3, 0.4) is 0 Å². The van der Waals surface area contributed by atoms with E-state index in [1.807, 2.05) is 22.7 Å². The van der Waals surface area contributed by atoms with E-state index in [1.165, 1.54) is 65.4 Å². The zero-order chi connectivity index (χ0) is 54.7. The van der Waals surface area contributed by atoms with Crippen LogP contribution in [0.5, 0.6) is 0 Å². The summed E-state index contributed by atoms with van der Waals surface area (Å²) >= 11 is 3.87. The maximum Gasteiger partial charge on any atom is 0.159 e. The topological polar surface area (TPSA) is 32.8 Å². The zero-order valence-electron chi connectivity index (χ0n) is 45.8. The van der Waals surface area contributed by atoms with E-state index >= 15 is 0 Å². The lowest BCUT2D eigenvalue weighted by atomic mass is 9.48. The molecule has 3 aliphatic rings. The minimum atomic E-state index is -0.797. The quantitative estimate of drug-likeness (QED) is 0.166. The summed E-state index contributed by atoms with van der Waals surface area (Å²) in [5.74, 6) is 0. The van der Waals surface area contributed by atoms with Crippen molar-refractivity contribution < 1.29 is 8.83 Å². The number of benzene rings is 10. The maximum absolute atomic E-state index is 7.00. The van der Waals surface area contributed by atoms with Crippen molar-refractivity contribution in [2.45, 2.75) is 49.4 Å². The molecular weight excluding hydrogens is 1040 g/mol. The molecule has 82 heavy (non-hydrogen) atoms. The second-order valence-corrected chi connectivity index (χ2v) is 25.5. The van der Waals surface area contributed by atoms with Gasteiger partial charge < -0.3 is 8.83 Å². The van der Waals surface area contributed by atoms with E-state index < -0.39 is 10.8 Å². The third-order valence-electron chi connectivity index (χ3n) is 18.7. The minimum absolute atomic E-state index is 0.319. The van der Waals surface area contributed by atoms with Crippen LogP contribution in [0.15, 0.2) is 264 Å². The van der Waals surface area contributed by atoms with Crippen molar-refractivity contribution in [1.29, 1.82) is 0 Å². The van der Waals surface area contributed by atoms with Crippen molar-refractivity contribution in [3.8, 4) is 0 Å². The molecule has 10 aromatic carbocycles. The van der Waals surface area contributed by atoms with Gasteiger partial charge in [0.05, 0.1) is 22.2 Å². The van der Waals surface area contributed by atoms with Gasteiger partial charge in [0, 0.05) is 53.5 Å². The number of thiophene rings is 2. The molecule has 2 spiro atoms. The maximum atomic E-state index is 7.00. The number of hydrogen-bond donors (Lipinski definition) is 0. The van der Waals surface area contributed by atoms with E-state index in [9.17, 15) is 0 Å². The molecule has 0 saturated carbocycles. The largest absolute Gasteiger partial charge is 0.454 e. The van der Waals surface area contributed by atoms with Gasteiger partial charge in [0.15, 0.2) is 11.2 Å². The van der Waals surface area contributed by atoms with Crippen molar-refractivity contribution in [3.05, 3.63) is 320 Å². The van der Waals surface area contributed by atoms with E-state index in [-0.39, 0.29) is 10.8 Å². The SMILES string of the molecule is CC1(C)c2ccccc2C2(c3ccccc31)c1cc(N(c3ccccc3)c3cccc4c3oc3ccccc34)sc1C1(c3ccccc3C(C)(C)c3ccccc31)c1cc(N(c3ccccc3)c3cccc4c3oc3ccccc34)sc12. The van der Waals surface area contributed by atoms with Gasteiger partial charge in [-0.05, 0) is 116 Å². The van der Waals surface area contributed by atoms with Gasteiger partial charge in [0.2, 0.25) is 0 Å². The van der Waals surface area contributed by atoms with Gasteiger partial charge in [-0.1, -0.05) is 222 Å². The minimum Gasteiger partial charge on any atom is -0.454 e. The molecule has 0 unspecified atom stereocenters. The Labute approximate surface area is 484 Å². The summed E-state index contributed by atoms with van der Waals surface area (Å²) in [6.45, 7) is 9.70. The zero-order valence-corrected chi connectivity index (χ0v) is 47.4. The Bertz CT molecular complexity index is 4460. The molecule has 0 fully saturated rings. The third kappa shape index (κ3) is 6.15. The highest BCUT2D eigenvalue weighted by Crippen LogP contribution is 2.71. The molecule has 4 heterocycles. The van der Waals surface area contributed by atoms with Crippen LogP contribution in [0.1, 0.15) is 93.1 Å². The third-order valence-corrected chi connectivity index (χ3v) is 21.1. The van der Waals surface area contributed by atoms with E-state index in [4.69, 9.17) is 8.83 Å². The first-order valence-electron chi connectivity index (χ1n) is 28.4. The predicted molar refractivity (Wildman–Crippen MR) is 341 cm³/mol. The molecule has 0 aliphatic heterocycles.